The van der Waals surface area contributed by atoms with Crippen LogP contribution in [0.1, 0.15) is 43.2 Å². The van der Waals surface area contributed by atoms with Gasteiger partial charge in [0.1, 0.15) is 6.10 Å². The van der Waals surface area contributed by atoms with Crippen molar-refractivity contribution in [2.75, 3.05) is 19.7 Å². The first-order valence-corrected chi connectivity index (χ1v) is 8.73. The van der Waals surface area contributed by atoms with Gasteiger partial charge in [-0.05, 0) is 30.5 Å². The van der Waals surface area contributed by atoms with Crippen LogP contribution in [-0.4, -0.2) is 31.7 Å². The number of benzene rings is 1. The summed E-state index contributed by atoms with van der Waals surface area (Å²) in [6.45, 7) is 1.57. The molecule has 1 aromatic rings. The number of rotatable bonds is 3. The molecule has 1 unspecified atom stereocenters. The van der Waals surface area contributed by atoms with Crippen molar-refractivity contribution in [3.63, 3.8) is 0 Å². The van der Waals surface area contributed by atoms with Gasteiger partial charge in [-0.2, -0.15) is 13.2 Å². The third kappa shape index (κ3) is 4.69. The number of alkyl halides is 3. The van der Waals surface area contributed by atoms with Crippen molar-refractivity contribution in [2.45, 2.75) is 49.9 Å². The summed E-state index contributed by atoms with van der Waals surface area (Å²) in [7, 11) is 0. The Balaban J connectivity index is 0.00000243. The molecule has 1 aliphatic heterocycles. The molecular formula is C18H24ClF3N2O2. The highest BCUT2D eigenvalue weighted by Crippen LogP contribution is 2.39. The lowest BCUT2D eigenvalue weighted by molar-refractivity contribution is -0.137. The van der Waals surface area contributed by atoms with Crippen LogP contribution in [0.15, 0.2) is 24.3 Å². The molecule has 4 nitrogen and oxygen atoms in total. The second-order valence-corrected chi connectivity index (χ2v) is 6.77. The van der Waals surface area contributed by atoms with E-state index in [0.717, 1.165) is 25.3 Å². The van der Waals surface area contributed by atoms with E-state index in [1.165, 1.54) is 12.1 Å². The van der Waals surface area contributed by atoms with Crippen molar-refractivity contribution in [1.82, 2.24) is 10.6 Å². The van der Waals surface area contributed by atoms with E-state index in [1.807, 2.05) is 0 Å². The van der Waals surface area contributed by atoms with Crippen LogP contribution in [0.5, 0.6) is 0 Å². The molecule has 1 amide bonds. The molecule has 26 heavy (non-hydrogen) atoms. The zero-order valence-corrected chi connectivity index (χ0v) is 15.2. The van der Waals surface area contributed by atoms with E-state index >= 15 is 0 Å². The van der Waals surface area contributed by atoms with Gasteiger partial charge in [0.2, 0.25) is 0 Å². The van der Waals surface area contributed by atoms with Gasteiger partial charge in [-0.1, -0.05) is 31.4 Å². The molecule has 146 valence electrons. The molecule has 1 saturated carbocycles. The maximum Gasteiger partial charge on any atom is 0.416 e. The second-order valence-electron chi connectivity index (χ2n) is 6.77. The molecule has 0 aromatic heterocycles. The van der Waals surface area contributed by atoms with Gasteiger partial charge in [0, 0.05) is 13.1 Å². The van der Waals surface area contributed by atoms with E-state index in [-0.39, 0.29) is 18.3 Å². The Morgan fingerprint density at radius 3 is 2.58 bits per heavy atom. The van der Waals surface area contributed by atoms with Gasteiger partial charge in [0.25, 0.3) is 5.91 Å². The van der Waals surface area contributed by atoms with Gasteiger partial charge in [-0.15, -0.1) is 12.4 Å². The van der Waals surface area contributed by atoms with Crippen molar-refractivity contribution in [1.29, 1.82) is 0 Å². The molecule has 1 aromatic carbocycles. The average molecular weight is 393 g/mol. The molecule has 1 saturated heterocycles. The summed E-state index contributed by atoms with van der Waals surface area (Å²) in [5, 5.41) is 6.13. The van der Waals surface area contributed by atoms with E-state index in [2.05, 4.69) is 10.6 Å². The summed E-state index contributed by atoms with van der Waals surface area (Å²) in [4.78, 5) is 12.6. The van der Waals surface area contributed by atoms with Gasteiger partial charge < -0.3 is 15.4 Å². The highest BCUT2D eigenvalue weighted by Gasteiger charge is 2.39. The average Bonchev–Trinajstić information content (AvgIpc) is 2.62. The molecule has 0 radical (unpaired) electrons. The number of hydrogen-bond donors (Lipinski definition) is 2. The summed E-state index contributed by atoms with van der Waals surface area (Å²) in [6, 6.07) is 5.34. The lowest BCUT2D eigenvalue weighted by Gasteiger charge is -2.40. The summed E-state index contributed by atoms with van der Waals surface area (Å²) in [5.74, 6) is -0.258. The first-order valence-electron chi connectivity index (χ1n) is 8.73. The molecule has 2 fully saturated rings. The molecular weight excluding hydrogens is 369 g/mol. The van der Waals surface area contributed by atoms with Gasteiger partial charge in [0.15, 0.2) is 0 Å². The van der Waals surface area contributed by atoms with E-state index in [4.69, 9.17) is 4.74 Å². The van der Waals surface area contributed by atoms with Gasteiger partial charge in [0.05, 0.1) is 17.7 Å². The summed E-state index contributed by atoms with van der Waals surface area (Å²) >= 11 is 0. The maximum atomic E-state index is 13.1. The van der Waals surface area contributed by atoms with Gasteiger partial charge in [-0.25, -0.2) is 0 Å². The number of morpholine rings is 1. The normalized spacial score (nSPS) is 23.0. The Kier molecular flexibility index (Phi) is 6.93. The molecule has 1 heterocycles. The van der Waals surface area contributed by atoms with Gasteiger partial charge >= 0.3 is 6.18 Å². The first-order chi connectivity index (χ1) is 11.9. The monoisotopic (exact) mass is 392 g/mol. The number of amides is 1. The van der Waals surface area contributed by atoms with Crippen molar-refractivity contribution in [3.05, 3.63) is 35.4 Å². The van der Waals surface area contributed by atoms with Crippen LogP contribution < -0.4 is 10.6 Å². The Morgan fingerprint density at radius 1 is 1.23 bits per heavy atom. The summed E-state index contributed by atoms with van der Waals surface area (Å²) in [6.07, 6.45) is -0.941. The highest BCUT2D eigenvalue weighted by molar-refractivity contribution is 5.85. The fraction of sp³-hybridized carbons (Fsp3) is 0.611. The fourth-order valence-corrected chi connectivity index (χ4v) is 3.68. The molecule has 0 bridgehead atoms. The minimum absolute atomic E-state index is 0. The molecule has 0 spiro atoms. The third-order valence-corrected chi connectivity index (χ3v) is 5.03. The minimum Gasteiger partial charge on any atom is -0.366 e. The van der Waals surface area contributed by atoms with Crippen LogP contribution in [0.25, 0.3) is 0 Å². The van der Waals surface area contributed by atoms with E-state index in [1.54, 1.807) is 6.07 Å². The standard InChI is InChI=1S/C18H23F3N2O2.ClH/c19-18(20,21)14-6-4-5-13(11-14)17(7-2-1-3-8-17)23-16(24)15-12-22-9-10-25-15;/h4-6,11,15,22H,1-3,7-10,12H2,(H,23,24);1H. The summed E-state index contributed by atoms with van der Waals surface area (Å²) < 4.78 is 44.8. The number of ether oxygens (including phenoxy) is 1. The Labute approximate surface area is 157 Å². The van der Waals surface area contributed by atoms with Crippen LogP contribution in [0, 0.1) is 0 Å². The number of nitrogens with one attached hydrogen (secondary N) is 2. The number of hydrogen-bond acceptors (Lipinski definition) is 3. The van der Waals surface area contributed by atoms with E-state index < -0.39 is 23.4 Å². The molecule has 3 rings (SSSR count). The zero-order valence-electron chi connectivity index (χ0n) is 14.4. The zero-order chi connectivity index (χ0) is 17.9. The Morgan fingerprint density at radius 2 is 1.96 bits per heavy atom. The predicted molar refractivity (Wildman–Crippen MR) is 94.2 cm³/mol. The smallest absolute Gasteiger partial charge is 0.366 e. The fourth-order valence-electron chi connectivity index (χ4n) is 3.68. The van der Waals surface area contributed by atoms with E-state index in [9.17, 15) is 18.0 Å². The molecule has 2 N–H and O–H groups in total. The SMILES string of the molecule is Cl.O=C(NC1(c2cccc(C(F)(F)F)c2)CCCCC1)C1CNCCO1. The molecule has 1 atom stereocenters. The lowest BCUT2D eigenvalue weighted by Crippen LogP contribution is -2.55. The van der Waals surface area contributed by atoms with Crippen molar-refractivity contribution < 1.29 is 22.7 Å². The first kappa shape index (κ1) is 21.0. The largest absolute Gasteiger partial charge is 0.416 e. The van der Waals surface area contributed by atoms with Crippen LogP contribution in [0.2, 0.25) is 0 Å². The maximum absolute atomic E-state index is 13.1. The number of halogens is 4. The van der Waals surface area contributed by atoms with Crippen LogP contribution in [0.3, 0.4) is 0 Å². The lowest BCUT2D eigenvalue weighted by atomic mass is 9.76. The van der Waals surface area contributed by atoms with Crippen LogP contribution in [0.4, 0.5) is 13.2 Å². The Hall–Kier alpha value is -1.31. The molecule has 8 heteroatoms. The highest BCUT2D eigenvalue weighted by atomic mass is 35.5. The Bertz CT molecular complexity index is 613. The van der Waals surface area contributed by atoms with Crippen molar-refractivity contribution >= 4 is 18.3 Å². The summed E-state index contributed by atoms with van der Waals surface area (Å²) in [5.41, 5.74) is -0.906. The molecule has 2 aliphatic rings. The van der Waals surface area contributed by atoms with E-state index in [0.29, 0.717) is 38.1 Å². The minimum atomic E-state index is -4.40. The predicted octanol–water partition coefficient (Wildman–Crippen LogP) is 3.39. The van der Waals surface area contributed by atoms with Crippen molar-refractivity contribution in [2.24, 2.45) is 0 Å². The number of carbonyl (C=O) groups is 1. The molecule has 1 aliphatic carbocycles. The van der Waals surface area contributed by atoms with Gasteiger partial charge in [-0.3, -0.25) is 4.79 Å². The second kappa shape index (κ2) is 8.59. The van der Waals surface area contributed by atoms with Crippen LogP contribution in [-0.2, 0) is 21.2 Å². The van der Waals surface area contributed by atoms with Crippen molar-refractivity contribution in [3.8, 4) is 0 Å². The quantitative estimate of drug-likeness (QED) is 0.829. The topological polar surface area (TPSA) is 50.4 Å². The third-order valence-electron chi connectivity index (χ3n) is 5.03. The van der Waals surface area contributed by atoms with Crippen LogP contribution >= 0.6 is 12.4 Å². The number of carbonyl (C=O) groups excluding carboxylic acids is 1.